The minimum Gasteiger partial charge on any atom is -0.323 e. The molecular formula is C13H16N4O4S. The average molecular weight is 324 g/mol. The minimum atomic E-state index is -3.67. The first-order valence-electron chi connectivity index (χ1n) is 6.98. The van der Waals surface area contributed by atoms with E-state index < -0.39 is 21.6 Å². The van der Waals surface area contributed by atoms with Crippen molar-refractivity contribution in [2.75, 3.05) is 0 Å². The van der Waals surface area contributed by atoms with E-state index in [9.17, 15) is 18.0 Å². The standard InChI is InChI=1S/C13H16N4O4S/c18-11-13(16-12(19)15-11)6-4-9(5-7-13)17-22(20,21)10-3-1-2-8-14-10/h1-3,8-9,17H,4-7H2,(H2,15,16,18,19). The molecule has 3 N–H and O–H groups in total. The fraction of sp³-hybridized carbons (Fsp3) is 0.462. The van der Waals surface area contributed by atoms with Crippen molar-refractivity contribution in [1.82, 2.24) is 20.3 Å². The predicted octanol–water partition coefficient (Wildman–Crippen LogP) is -0.119. The van der Waals surface area contributed by atoms with Crippen LogP contribution in [-0.2, 0) is 14.8 Å². The molecule has 1 saturated heterocycles. The van der Waals surface area contributed by atoms with Gasteiger partial charge in [0.1, 0.15) is 5.54 Å². The van der Waals surface area contributed by atoms with E-state index in [0.717, 1.165) is 0 Å². The molecular weight excluding hydrogens is 308 g/mol. The number of carbonyl (C=O) groups is 2. The Morgan fingerprint density at radius 2 is 1.95 bits per heavy atom. The summed E-state index contributed by atoms with van der Waals surface area (Å²) in [6.07, 6.45) is 3.17. The molecule has 1 aromatic heterocycles. The Labute approximate surface area is 127 Å². The number of nitrogens with one attached hydrogen (secondary N) is 3. The number of imide groups is 1. The number of nitrogens with zero attached hydrogens (tertiary/aromatic N) is 1. The molecule has 2 aliphatic rings. The Morgan fingerprint density at radius 1 is 1.23 bits per heavy atom. The van der Waals surface area contributed by atoms with Crippen LogP contribution in [0.15, 0.2) is 29.4 Å². The van der Waals surface area contributed by atoms with E-state index in [1.54, 1.807) is 12.1 Å². The lowest BCUT2D eigenvalue weighted by Crippen LogP contribution is -2.52. The van der Waals surface area contributed by atoms with E-state index >= 15 is 0 Å². The first-order chi connectivity index (χ1) is 10.4. The van der Waals surface area contributed by atoms with Crippen LogP contribution in [0.1, 0.15) is 25.7 Å². The van der Waals surface area contributed by atoms with E-state index in [1.165, 1.54) is 12.3 Å². The van der Waals surface area contributed by atoms with Gasteiger partial charge >= 0.3 is 6.03 Å². The van der Waals surface area contributed by atoms with Gasteiger partial charge in [-0.1, -0.05) is 6.07 Å². The van der Waals surface area contributed by atoms with Gasteiger partial charge in [-0.3, -0.25) is 10.1 Å². The fourth-order valence-electron chi connectivity index (χ4n) is 2.89. The largest absolute Gasteiger partial charge is 0.323 e. The Morgan fingerprint density at radius 3 is 2.50 bits per heavy atom. The van der Waals surface area contributed by atoms with Crippen molar-refractivity contribution in [1.29, 1.82) is 0 Å². The number of amides is 3. The lowest BCUT2D eigenvalue weighted by Gasteiger charge is -2.34. The van der Waals surface area contributed by atoms with E-state index in [0.29, 0.717) is 25.7 Å². The summed E-state index contributed by atoms with van der Waals surface area (Å²) in [5, 5.41) is 4.85. The van der Waals surface area contributed by atoms with Gasteiger partial charge in [0.15, 0.2) is 5.03 Å². The molecule has 1 saturated carbocycles. The first kappa shape index (κ1) is 14.9. The van der Waals surface area contributed by atoms with Crippen molar-refractivity contribution in [2.24, 2.45) is 0 Å². The second-order valence-electron chi connectivity index (χ2n) is 5.55. The SMILES string of the molecule is O=C1NC(=O)C2(CCC(NS(=O)(=O)c3ccccn3)CC2)N1. The third-order valence-corrected chi connectivity index (χ3v) is 5.52. The van der Waals surface area contributed by atoms with Gasteiger partial charge in [0.25, 0.3) is 15.9 Å². The third-order valence-electron chi connectivity index (χ3n) is 4.09. The van der Waals surface area contributed by atoms with Gasteiger partial charge in [0.2, 0.25) is 0 Å². The lowest BCUT2D eigenvalue weighted by molar-refractivity contribution is -0.125. The van der Waals surface area contributed by atoms with Gasteiger partial charge in [-0.25, -0.2) is 22.9 Å². The molecule has 22 heavy (non-hydrogen) atoms. The second kappa shape index (κ2) is 5.33. The highest BCUT2D eigenvalue weighted by Crippen LogP contribution is 2.31. The molecule has 1 aromatic rings. The molecule has 0 unspecified atom stereocenters. The van der Waals surface area contributed by atoms with Crippen molar-refractivity contribution in [2.45, 2.75) is 42.3 Å². The molecule has 1 aliphatic carbocycles. The number of pyridine rings is 1. The highest BCUT2D eigenvalue weighted by molar-refractivity contribution is 7.89. The Kier molecular flexibility index (Phi) is 3.61. The first-order valence-corrected chi connectivity index (χ1v) is 8.47. The topological polar surface area (TPSA) is 117 Å². The van der Waals surface area contributed by atoms with Gasteiger partial charge in [-0.2, -0.15) is 0 Å². The van der Waals surface area contributed by atoms with E-state index in [1.807, 2.05) is 0 Å². The monoisotopic (exact) mass is 324 g/mol. The maximum absolute atomic E-state index is 12.2. The van der Waals surface area contributed by atoms with Gasteiger partial charge < -0.3 is 5.32 Å². The third kappa shape index (κ3) is 2.69. The molecule has 118 valence electrons. The van der Waals surface area contributed by atoms with Crippen molar-refractivity contribution >= 4 is 22.0 Å². The van der Waals surface area contributed by atoms with Gasteiger partial charge in [-0.05, 0) is 37.8 Å². The summed E-state index contributed by atoms with van der Waals surface area (Å²) in [4.78, 5) is 26.9. The highest BCUT2D eigenvalue weighted by Gasteiger charge is 2.48. The summed E-state index contributed by atoms with van der Waals surface area (Å²) in [5.41, 5.74) is -0.885. The number of hydrogen-bond acceptors (Lipinski definition) is 5. The van der Waals surface area contributed by atoms with Crippen molar-refractivity contribution < 1.29 is 18.0 Å². The van der Waals surface area contributed by atoms with Crippen LogP contribution in [0.2, 0.25) is 0 Å². The minimum absolute atomic E-state index is 0.0257. The van der Waals surface area contributed by atoms with E-state index in [2.05, 4.69) is 20.3 Å². The van der Waals surface area contributed by atoms with Crippen LogP contribution in [-0.4, -0.2) is 36.9 Å². The van der Waals surface area contributed by atoms with Gasteiger partial charge in [-0.15, -0.1) is 0 Å². The molecule has 1 aliphatic heterocycles. The van der Waals surface area contributed by atoms with Crippen molar-refractivity contribution in [3.8, 4) is 0 Å². The second-order valence-corrected chi connectivity index (χ2v) is 7.21. The Balaban J connectivity index is 1.65. The van der Waals surface area contributed by atoms with Crippen LogP contribution in [0.5, 0.6) is 0 Å². The van der Waals surface area contributed by atoms with Gasteiger partial charge in [0.05, 0.1) is 0 Å². The summed E-state index contributed by atoms with van der Waals surface area (Å²) < 4.78 is 27.0. The average Bonchev–Trinajstić information content (AvgIpc) is 2.76. The van der Waals surface area contributed by atoms with E-state index in [-0.39, 0.29) is 17.0 Å². The molecule has 3 rings (SSSR count). The normalized spacial score (nSPS) is 28.5. The highest BCUT2D eigenvalue weighted by atomic mass is 32.2. The summed E-state index contributed by atoms with van der Waals surface area (Å²) in [7, 11) is -3.67. The molecule has 8 nitrogen and oxygen atoms in total. The summed E-state index contributed by atoms with van der Waals surface area (Å²) in [5.74, 6) is -0.330. The molecule has 3 amide bonds. The zero-order chi connectivity index (χ0) is 15.8. The number of sulfonamides is 1. The van der Waals surface area contributed by atoms with Crippen LogP contribution < -0.4 is 15.4 Å². The van der Waals surface area contributed by atoms with Crippen LogP contribution >= 0.6 is 0 Å². The lowest BCUT2D eigenvalue weighted by atomic mass is 9.80. The maximum atomic E-state index is 12.2. The molecule has 0 atom stereocenters. The number of rotatable bonds is 3. The van der Waals surface area contributed by atoms with E-state index in [4.69, 9.17) is 0 Å². The smallest absolute Gasteiger partial charge is 0.322 e. The predicted molar refractivity (Wildman–Crippen MR) is 76.2 cm³/mol. The summed E-state index contributed by atoms with van der Waals surface area (Å²) in [6.45, 7) is 0. The molecule has 2 fully saturated rings. The van der Waals surface area contributed by atoms with Crippen molar-refractivity contribution in [3.63, 3.8) is 0 Å². The molecule has 0 aromatic carbocycles. The zero-order valence-corrected chi connectivity index (χ0v) is 12.5. The van der Waals surface area contributed by atoms with Crippen LogP contribution in [0.4, 0.5) is 4.79 Å². The zero-order valence-electron chi connectivity index (χ0n) is 11.7. The number of carbonyl (C=O) groups excluding carboxylic acids is 2. The maximum Gasteiger partial charge on any atom is 0.322 e. The van der Waals surface area contributed by atoms with Crippen LogP contribution in [0.25, 0.3) is 0 Å². The fourth-order valence-corrected chi connectivity index (χ4v) is 4.15. The number of hydrogen-bond donors (Lipinski definition) is 3. The molecule has 1 spiro atoms. The summed E-state index contributed by atoms with van der Waals surface area (Å²) >= 11 is 0. The quantitative estimate of drug-likeness (QED) is 0.670. The molecule has 0 bridgehead atoms. The molecule has 2 heterocycles. The van der Waals surface area contributed by atoms with Crippen LogP contribution in [0.3, 0.4) is 0 Å². The molecule has 0 radical (unpaired) electrons. The number of aromatic nitrogens is 1. The van der Waals surface area contributed by atoms with Crippen molar-refractivity contribution in [3.05, 3.63) is 24.4 Å². The summed E-state index contributed by atoms with van der Waals surface area (Å²) in [6, 6.07) is 3.91. The number of urea groups is 1. The van der Waals surface area contributed by atoms with Crippen LogP contribution in [0, 0.1) is 0 Å². The Hall–Kier alpha value is -2.00. The van der Waals surface area contributed by atoms with Gasteiger partial charge in [0, 0.05) is 12.2 Å². The molecule has 9 heteroatoms. The Bertz CT molecular complexity index is 696.